The first-order chi connectivity index (χ1) is 30.4. The second kappa shape index (κ2) is 19.0. The number of esters is 1. The second-order valence-electron chi connectivity index (χ2n) is 20.5. The van der Waals surface area contributed by atoms with Gasteiger partial charge in [-0.15, -0.1) is 0 Å². The molecule has 0 aromatic carbocycles. The van der Waals surface area contributed by atoms with E-state index in [9.17, 15) is 66.1 Å². The summed E-state index contributed by atoms with van der Waals surface area (Å²) in [7, 11) is 0. The van der Waals surface area contributed by atoms with Crippen LogP contribution in [0.3, 0.4) is 0 Å². The Morgan fingerprint density at radius 1 is 0.677 bits per heavy atom. The first-order valence-electron chi connectivity index (χ1n) is 22.9. The van der Waals surface area contributed by atoms with Gasteiger partial charge in [0.1, 0.15) is 85.5 Å². The highest BCUT2D eigenvalue weighted by Crippen LogP contribution is 2.74. The molecule has 3 aliphatic carbocycles. The summed E-state index contributed by atoms with van der Waals surface area (Å²) in [5.41, 5.74) is -2.26. The number of ether oxygens (including phenoxy) is 8. The Bertz CT molecular complexity index is 1690. The summed E-state index contributed by atoms with van der Waals surface area (Å²) < 4.78 is 48.5. The molecule has 0 radical (unpaired) electrons. The average molecular weight is 937 g/mol. The molecule has 4 saturated heterocycles. The van der Waals surface area contributed by atoms with Crippen molar-refractivity contribution in [1.82, 2.24) is 0 Å². The van der Waals surface area contributed by atoms with E-state index in [0.717, 1.165) is 5.57 Å². The molecule has 12 N–H and O–H groups in total. The molecule has 1 spiro atoms. The highest BCUT2D eigenvalue weighted by Gasteiger charge is 2.69. The van der Waals surface area contributed by atoms with Crippen LogP contribution in [0, 0.1) is 28.1 Å². The second-order valence-corrected chi connectivity index (χ2v) is 20.5. The molecule has 2 bridgehead atoms. The fraction of sp³-hybridized carbons (Fsp3) is 0.932. The van der Waals surface area contributed by atoms with Gasteiger partial charge >= 0.3 is 5.97 Å². The zero-order valence-electron chi connectivity index (χ0n) is 37.8. The molecule has 0 aromatic rings. The predicted octanol–water partition coefficient (Wildman–Crippen LogP) is -2.81. The lowest BCUT2D eigenvalue weighted by Gasteiger charge is -2.63. The van der Waals surface area contributed by atoms with Gasteiger partial charge in [-0.2, -0.15) is 0 Å². The summed E-state index contributed by atoms with van der Waals surface area (Å²) >= 11 is 0. The molecule has 0 aromatic heterocycles. The van der Waals surface area contributed by atoms with E-state index in [1.54, 1.807) is 13.8 Å². The zero-order valence-corrected chi connectivity index (χ0v) is 37.8. The normalized spacial score (nSPS) is 52.8. The topological polar surface area (TPSA) is 334 Å². The largest absolute Gasteiger partial charge is 0.432 e. The Kier molecular flexibility index (Phi) is 15.0. The van der Waals surface area contributed by atoms with Crippen molar-refractivity contribution in [2.45, 2.75) is 215 Å². The molecule has 7 fully saturated rings. The van der Waals surface area contributed by atoms with Gasteiger partial charge in [0.2, 0.25) is 6.29 Å². The van der Waals surface area contributed by atoms with Crippen LogP contribution in [0.4, 0.5) is 0 Å². The Morgan fingerprint density at radius 3 is 1.77 bits per heavy atom. The van der Waals surface area contributed by atoms with Crippen molar-refractivity contribution in [2.75, 3.05) is 13.2 Å². The minimum atomic E-state index is -1.92. The lowest BCUT2D eigenvalue weighted by molar-refractivity contribution is -0.399. The molecule has 374 valence electrons. The van der Waals surface area contributed by atoms with E-state index >= 15 is 0 Å². The van der Waals surface area contributed by atoms with E-state index in [1.165, 1.54) is 13.8 Å². The van der Waals surface area contributed by atoms with Crippen LogP contribution >= 0.6 is 0 Å². The molecule has 7 aliphatic rings. The SMILES string of the molecule is C=C1CC23CC[C@H](C(C)(C)C(=O)O[C@@H]4OC(C)[C@@H](O)[C@H](O)C4O)C(CC)[C@]2(C)CCC1(O[C@@H]1O[C@H](CO)C(O)C(O[C@@H]2O[C@H](CO)C(O)C(O)[C@H]2O)[C@H]1O[C@@H]1O[C@@H](C)[C@@H](O)C(O)C1O)C3. The number of hydrogen-bond acceptors (Lipinski definition) is 21. The molecule has 0 amide bonds. The first-order valence-corrected chi connectivity index (χ1v) is 22.9. The summed E-state index contributed by atoms with van der Waals surface area (Å²) in [6.45, 7) is 13.8. The third-order valence-corrected chi connectivity index (χ3v) is 16.6. The van der Waals surface area contributed by atoms with Crippen LogP contribution in [0.25, 0.3) is 0 Å². The molecule has 3 saturated carbocycles. The molecule has 4 heterocycles. The number of carbonyl (C=O) groups excluding carboxylic acids is 1. The average Bonchev–Trinajstić information content (AvgIpc) is 3.51. The van der Waals surface area contributed by atoms with E-state index < -0.39 is 158 Å². The van der Waals surface area contributed by atoms with Crippen LogP contribution in [0.5, 0.6) is 0 Å². The Balaban J connectivity index is 1.16. The number of aliphatic hydroxyl groups is 12. The van der Waals surface area contributed by atoms with Crippen LogP contribution in [0.15, 0.2) is 12.2 Å². The van der Waals surface area contributed by atoms with Gasteiger partial charge in [0.15, 0.2) is 18.9 Å². The van der Waals surface area contributed by atoms with Gasteiger partial charge in [0.25, 0.3) is 0 Å². The van der Waals surface area contributed by atoms with Gasteiger partial charge in [-0.3, -0.25) is 4.79 Å². The first kappa shape index (κ1) is 51.3. The number of rotatable bonds is 12. The monoisotopic (exact) mass is 936 g/mol. The lowest BCUT2D eigenvalue weighted by Crippen LogP contribution is -2.67. The predicted molar refractivity (Wildman–Crippen MR) is 218 cm³/mol. The molecule has 11 unspecified atom stereocenters. The van der Waals surface area contributed by atoms with Crippen LogP contribution in [0.1, 0.15) is 86.5 Å². The van der Waals surface area contributed by atoms with E-state index in [1.807, 2.05) is 0 Å². The van der Waals surface area contributed by atoms with Crippen molar-refractivity contribution in [3.8, 4) is 0 Å². The van der Waals surface area contributed by atoms with E-state index in [4.69, 9.17) is 37.9 Å². The van der Waals surface area contributed by atoms with Crippen molar-refractivity contribution in [3.63, 3.8) is 0 Å². The minimum Gasteiger partial charge on any atom is -0.432 e. The van der Waals surface area contributed by atoms with Crippen molar-refractivity contribution >= 4 is 5.97 Å². The highest BCUT2D eigenvalue weighted by molar-refractivity contribution is 5.76. The van der Waals surface area contributed by atoms with E-state index in [0.29, 0.717) is 44.9 Å². The Labute approximate surface area is 377 Å². The Morgan fingerprint density at radius 2 is 1.18 bits per heavy atom. The summed E-state index contributed by atoms with van der Waals surface area (Å²) in [5, 5.41) is 128. The van der Waals surface area contributed by atoms with Gasteiger partial charge in [-0.05, 0) is 94.5 Å². The summed E-state index contributed by atoms with van der Waals surface area (Å²) in [4.78, 5) is 14.1. The van der Waals surface area contributed by atoms with Gasteiger partial charge in [-0.1, -0.05) is 26.8 Å². The molecule has 25 atom stereocenters. The molecular weight excluding hydrogens is 864 g/mol. The minimum absolute atomic E-state index is 0.0350. The van der Waals surface area contributed by atoms with E-state index in [2.05, 4.69) is 20.4 Å². The standard InChI is InChI=1S/C44H72O21/c1-8-20-21(41(5,6)40(57)64-37-32(55)29(52)25(48)19(4)59-37)9-10-43-13-17(2)44(16-43,12-11-42(20,43)7)65-39-35(63-36-31(54)28(51)24(47)18(3)58-36)34(27(50)23(15-46)61-39)62-38-33(56)30(53)26(49)22(14-45)60-38/h18-39,45-56H,2,8-16H2,1,3-7H3/t18-,19?,20?,21-,22+,23+,24+,25+,26?,27?,28?,29-,30?,31?,32?,33+,34?,35+,36-,37-,38-,39-,42-,43?,44?/m0/s1. The van der Waals surface area contributed by atoms with E-state index in [-0.39, 0.29) is 17.3 Å². The van der Waals surface area contributed by atoms with Crippen LogP contribution in [0.2, 0.25) is 0 Å². The van der Waals surface area contributed by atoms with Crippen molar-refractivity contribution < 1.29 is 104 Å². The number of carbonyl (C=O) groups is 1. The fourth-order valence-electron chi connectivity index (χ4n) is 12.4. The van der Waals surface area contributed by atoms with Crippen LogP contribution in [-0.2, 0) is 42.7 Å². The molecular formula is C44H72O21. The van der Waals surface area contributed by atoms with Gasteiger partial charge < -0.3 is 99.2 Å². The van der Waals surface area contributed by atoms with Crippen molar-refractivity contribution in [2.24, 2.45) is 28.1 Å². The quantitative estimate of drug-likeness (QED) is 0.0534. The molecule has 21 nitrogen and oxygen atoms in total. The summed E-state index contributed by atoms with van der Waals surface area (Å²) in [6.07, 6.45) is -27.6. The summed E-state index contributed by atoms with van der Waals surface area (Å²) in [5.74, 6) is -0.849. The van der Waals surface area contributed by atoms with Gasteiger partial charge in [0, 0.05) is 0 Å². The molecule has 7 rings (SSSR count). The number of aliphatic hydroxyl groups excluding tert-OH is 12. The van der Waals surface area contributed by atoms with Gasteiger partial charge in [-0.25, -0.2) is 0 Å². The zero-order chi connectivity index (χ0) is 47.9. The van der Waals surface area contributed by atoms with Crippen LogP contribution in [-0.4, -0.2) is 209 Å². The maximum absolute atomic E-state index is 14.1. The fourth-order valence-corrected chi connectivity index (χ4v) is 12.4. The summed E-state index contributed by atoms with van der Waals surface area (Å²) in [6, 6.07) is 0. The van der Waals surface area contributed by atoms with Gasteiger partial charge in [0.05, 0.1) is 36.4 Å². The maximum Gasteiger partial charge on any atom is 0.314 e. The highest BCUT2D eigenvalue weighted by atomic mass is 16.8. The number of hydrogen-bond donors (Lipinski definition) is 12. The van der Waals surface area contributed by atoms with Crippen molar-refractivity contribution in [1.29, 1.82) is 0 Å². The Hall–Kier alpha value is -1.55. The third-order valence-electron chi connectivity index (χ3n) is 16.6. The number of fused-ring (bicyclic) bond motifs is 1. The maximum atomic E-state index is 14.1. The third kappa shape index (κ3) is 8.65. The smallest absolute Gasteiger partial charge is 0.314 e. The lowest BCUT2D eigenvalue weighted by atomic mass is 9.42. The molecule has 65 heavy (non-hydrogen) atoms. The molecule has 21 heteroatoms. The van der Waals surface area contributed by atoms with Crippen molar-refractivity contribution in [3.05, 3.63) is 12.2 Å². The van der Waals surface area contributed by atoms with Crippen LogP contribution < -0.4 is 0 Å². The molecule has 4 aliphatic heterocycles.